The van der Waals surface area contributed by atoms with Crippen molar-refractivity contribution in [2.75, 3.05) is 13.1 Å². The maximum absolute atomic E-state index is 10.7. The van der Waals surface area contributed by atoms with Gasteiger partial charge in [0.05, 0.1) is 6.07 Å². The van der Waals surface area contributed by atoms with E-state index in [1.807, 2.05) is 30.3 Å². The standard InChI is InChI=1S/C15H20N2O/c1-15(18,13-8-4-2-5-9-13)14(12-16)17-10-6-3-7-11-17/h2,4-5,8-9,14,18H,3,6-7,10-11H2,1H3. The van der Waals surface area contributed by atoms with Crippen molar-refractivity contribution >= 4 is 0 Å². The molecule has 0 aliphatic carbocycles. The summed E-state index contributed by atoms with van der Waals surface area (Å²) >= 11 is 0. The van der Waals surface area contributed by atoms with E-state index in [1.54, 1.807) is 6.92 Å². The van der Waals surface area contributed by atoms with Crippen molar-refractivity contribution in [2.45, 2.75) is 37.8 Å². The fourth-order valence-corrected chi connectivity index (χ4v) is 2.67. The van der Waals surface area contributed by atoms with E-state index in [9.17, 15) is 10.4 Å². The van der Waals surface area contributed by atoms with Gasteiger partial charge in [-0.25, -0.2) is 0 Å². The number of hydrogen-bond acceptors (Lipinski definition) is 3. The highest BCUT2D eigenvalue weighted by molar-refractivity contribution is 5.26. The van der Waals surface area contributed by atoms with Gasteiger partial charge >= 0.3 is 0 Å². The van der Waals surface area contributed by atoms with Crippen molar-refractivity contribution in [2.24, 2.45) is 0 Å². The van der Waals surface area contributed by atoms with Gasteiger partial charge in [0.15, 0.2) is 0 Å². The number of likely N-dealkylation sites (tertiary alicyclic amines) is 1. The largest absolute Gasteiger partial charge is 0.383 e. The molecular formula is C15H20N2O. The fourth-order valence-electron chi connectivity index (χ4n) is 2.67. The summed E-state index contributed by atoms with van der Waals surface area (Å²) < 4.78 is 0. The number of nitriles is 1. The van der Waals surface area contributed by atoms with E-state index < -0.39 is 11.6 Å². The lowest BCUT2D eigenvalue weighted by Gasteiger charge is -2.38. The number of aliphatic hydroxyl groups is 1. The van der Waals surface area contributed by atoms with E-state index in [1.165, 1.54) is 6.42 Å². The molecule has 1 saturated heterocycles. The topological polar surface area (TPSA) is 47.3 Å². The van der Waals surface area contributed by atoms with Crippen molar-refractivity contribution in [3.63, 3.8) is 0 Å². The molecule has 1 heterocycles. The molecule has 1 aromatic carbocycles. The highest BCUT2D eigenvalue weighted by atomic mass is 16.3. The summed E-state index contributed by atoms with van der Waals surface area (Å²) in [7, 11) is 0. The van der Waals surface area contributed by atoms with Crippen molar-refractivity contribution in [3.05, 3.63) is 35.9 Å². The van der Waals surface area contributed by atoms with Gasteiger partial charge < -0.3 is 5.11 Å². The molecule has 2 rings (SSSR count). The maximum atomic E-state index is 10.7. The molecule has 1 aliphatic heterocycles. The zero-order valence-electron chi connectivity index (χ0n) is 10.8. The van der Waals surface area contributed by atoms with Crippen molar-refractivity contribution in [1.29, 1.82) is 5.26 Å². The monoisotopic (exact) mass is 244 g/mol. The average Bonchev–Trinajstić information content (AvgIpc) is 2.41. The zero-order chi connectivity index (χ0) is 13.0. The maximum Gasteiger partial charge on any atom is 0.131 e. The second-order valence-corrected chi connectivity index (χ2v) is 5.14. The molecule has 0 radical (unpaired) electrons. The molecule has 1 aliphatic rings. The molecular weight excluding hydrogens is 224 g/mol. The van der Waals surface area contributed by atoms with Gasteiger partial charge in [-0.1, -0.05) is 36.8 Å². The van der Waals surface area contributed by atoms with Crippen LogP contribution in [0, 0.1) is 11.3 Å². The molecule has 18 heavy (non-hydrogen) atoms. The van der Waals surface area contributed by atoms with Crippen LogP contribution in [0.25, 0.3) is 0 Å². The number of nitrogens with zero attached hydrogens (tertiary/aromatic N) is 2. The van der Waals surface area contributed by atoms with Gasteiger partial charge in [-0.3, -0.25) is 4.90 Å². The van der Waals surface area contributed by atoms with Gasteiger partial charge in [-0.05, 0) is 38.4 Å². The van der Waals surface area contributed by atoms with Gasteiger partial charge in [-0.15, -0.1) is 0 Å². The van der Waals surface area contributed by atoms with E-state index in [0.29, 0.717) is 0 Å². The van der Waals surface area contributed by atoms with Gasteiger partial charge in [0.1, 0.15) is 11.6 Å². The molecule has 96 valence electrons. The van der Waals surface area contributed by atoms with E-state index in [-0.39, 0.29) is 0 Å². The van der Waals surface area contributed by atoms with E-state index in [0.717, 1.165) is 31.5 Å². The summed E-state index contributed by atoms with van der Waals surface area (Å²) in [6.45, 7) is 3.55. The lowest BCUT2D eigenvalue weighted by atomic mass is 9.87. The molecule has 0 saturated carbocycles. The third-order valence-electron chi connectivity index (χ3n) is 3.77. The SMILES string of the molecule is CC(O)(c1ccccc1)C(C#N)N1CCCCC1. The molecule has 0 spiro atoms. The summed E-state index contributed by atoms with van der Waals surface area (Å²) in [5.41, 5.74) is -0.310. The van der Waals surface area contributed by atoms with Gasteiger partial charge in [0.2, 0.25) is 0 Å². The van der Waals surface area contributed by atoms with Crippen LogP contribution in [-0.2, 0) is 5.60 Å². The molecule has 0 amide bonds. The summed E-state index contributed by atoms with van der Waals surface area (Å²) in [6, 6.07) is 11.3. The smallest absolute Gasteiger partial charge is 0.131 e. The van der Waals surface area contributed by atoms with Crippen LogP contribution in [0.3, 0.4) is 0 Å². The van der Waals surface area contributed by atoms with Gasteiger partial charge in [-0.2, -0.15) is 5.26 Å². The summed E-state index contributed by atoms with van der Waals surface area (Å²) in [6.07, 6.45) is 3.45. The zero-order valence-corrected chi connectivity index (χ0v) is 10.8. The minimum atomic E-state index is -1.12. The molecule has 0 aromatic heterocycles. The Balaban J connectivity index is 2.23. The predicted octanol–water partition coefficient (Wildman–Crippen LogP) is 2.27. The lowest BCUT2D eigenvalue weighted by molar-refractivity contribution is -0.0208. The molecule has 2 unspecified atom stereocenters. The van der Waals surface area contributed by atoms with Crippen molar-refractivity contribution < 1.29 is 5.11 Å². The minimum Gasteiger partial charge on any atom is -0.383 e. The Bertz CT molecular complexity index is 416. The van der Waals surface area contributed by atoms with Crippen LogP contribution >= 0.6 is 0 Å². The first kappa shape index (κ1) is 13.1. The molecule has 1 fully saturated rings. The Kier molecular flexibility index (Phi) is 4.00. The van der Waals surface area contributed by atoms with Crippen LogP contribution < -0.4 is 0 Å². The molecule has 1 N–H and O–H groups in total. The third-order valence-corrected chi connectivity index (χ3v) is 3.77. The first-order valence-corrected chi connectivity index (χ1v) is 6.58. The Morgan fingerprint density at radius 1 is 1.22 bits per heavy atom. The van der Waals surface area contributed by atoms with Crippen LogP contribution in [0.4, 0.5) is 0 Å². The molecule has 1 aromatic rings. The Morgan fingerprint density at radius 2 is 1.83 bits per heavy atom. The normalized spacial score (nSPS) is 21.8. The first-order chi connectivity index (χ1) is 8.66. The summed E-state index contributed by atoms with van der Waals surface area (Å²) in [4.78, 5) is 2.11. The predicted molar refractivity (Wildman–Crippen MR) is 70.8 cm³/mol. The highest BCUT2D eigenvalue weighted by Crippen LogP contribution is 2.29. The molecule has 3 nitrogen and oxygen atoms in total. The van der Waals surface area contributed by atoms with E-state index >= 15 is 0 Å². The van der Waals surface area contributed by atoms with E-state index in [2.05, 4.69) is 11.0 Å². The number of piperidine rings is 1. The van der Waals surface area contributed by atoms with Gasteiger partial charge in [0, 0.05) is 0 Å². The first-order valence-electron chi connectivity index (χ1n) is 6.58. The highest BCUT2D eigenvalue weighted by Gasteiger charge is 2.38. The quantitative estimate of drug-likeness (QED) is 0.887. The van der Waals surface area contributed by atoms with E-state index in [4.69, 9.17) is 0 Å². The third kappa shape index (κ3) is 2.55. The fraction of sp³-hybridized carbons (Fsp3) is 0.533. The summed E-state index contributed by atoms with van der Waals surface area (Å²) in [5.74, 6) is 0. The number of benzene rings is 1. The minimum absolute atomic E-state index is 0.472. The van der Waals surface area contributed by atoms with Crippen molar-refractivity contribution in [3.8, 4) is 6.07 Å². The molecule has 3 heteroatoms. The Hall–Kier alpha value is -1.37. The Morgan fingerprint density at radius 3 is 2.39 bits per heavy atom. The molecule has 2 atom stereocenters. The van der Waals surface area contributed by atoms with Crippen LogP contribution in [0.2, 0.25) is 0 Å². The average molecular weight is 244 g/mol. The van der Waals surface area contributed by atoms with Crippen LogP contribution in [-0.4, -0.2) is 29.1 Å². The Labute approximate surface area is 109 Å². The lowest BCUT2D eigenvalue weighted by Crippen LogP contribution is -2.50. The number of hydrogen-bond donors (Lipinski definition) is 1. The molecule has 0 bridgehead atoms. The van der Waals surface area contributed by atoms with Crippen LogP contribution in [0.1, 0.15) is 31.7 Å². The van der Waals surface area contributed by atoms with Crippen LogP contribution in [0.15, 0.2) is 30.3 Å². The van der Waals surface area contributed by atoms with Crippen LogP contribution in [0.5, 0.6) is 0 Å². The van der Waals surface area contributed by atoms with Crippen molar-refractivity contribution in [1.82, 2.24) is 4.90 Å². The number of rotatable bonds is 3. The summed E-state index contributed by atoms with van der Waals surface area (Å²) in [5, 5.41) is 20.2. The second-order valence-electron chi connectivity index (χ2n) is 5.14. The second kappa shape index (κ2) is 5.51. The van der Waals surface area contributed by atoms with Gasteiger partial charge in [0.25, 0.3) is 0 Å².